The van der Waals surface area contributed by atoms with Crippen LogP contribution in [0.2, 0.25) is 0 Å². The van der Waals surface area contributed by atoms with E-state index in [4.69, 9.17) is 0 Å². The number of benzene rings is 2. The second kappa shape index (κ2) is 9.59. The minimum atomic E-state index is -0.623. The molecule has 0 unspecified atom stereocenters. The normalized spacial score (nSPS) is 11.3. The van der Waals surface area contributed by atoms with Crippen LogP contribution in [0.1, 0.15) is 16.8 Å². The van der Waals surface area contributed by atoms with Crippen LogP contribution in [0.3, 0.4) is 0 Å². The summed E-state index contributed by atoms with van der Waals surface area (Å²) in [5.74, 6) is -0.316. The number of fused-ring (bicyclic) bond motifs is 1. The first-order valence-corrected chi connectivity index (χ1v) is 8.56. The van der Waals surface area contributed by atoms with Crippen molar-refractivity contribution in [2.75, 3.05) is 13.6 Å². The Labute approximate surface area is 175 Å². The molecule has 27 heavy (non-hydrogen) atoms. The van der Waals surface area contributed by atoms with Crippen LogP contribution in [0, 0.1) is 12.7 Å². The van der Waals surface area contributed by atoms with Gasteiger partial charge in [-0.1, -0.05) is 24.3 Å². The first-order valence-electron chi connectivity index (χ1n) is 8.56. The predicted molar refractivity (Wildman–Crippen MR) is 118 cm³/mol. The fraction of sp³-hybridized carbons (Fsp3) is 0.250. The number of aromatic nitrogens is 1. The Kier molecular flexibility index (Phi) is 7.46. The van der Waals surface area contributed by atoms with Gasteiger partial charge in [0, 0.05) is 36.7 Å². The number of nitrogens with one attached hydrogen (secondary N) is 3. The van der Waals surface area contributed by atoms with Crippen molar-refractivity contribution < 1.29 is 9.50 Å². The van der Waals surface area contributed by atoms with Gasteiger partial charge in [0.05, 0.1) is 0 Å². The van der Waals surface area contributed by atoms with E-state index in [1.807, 2.05) is 12.1 Å². The largest absolute Gasteiger partial charge is 0.505 e. The third-order valence-electron chi connectivity index (χ3n) is 4.39. The lowest BCUT2D eigenvalue weighted by molar-refractivity contribution is 0.431. The SMILES string of the molecule is CN=C(NCCc1c(C)[nH]c2ccccc12)NCc1ccc(O)c(F)c1.I. The lowest BCUT2D eigenvalue weighted by Gasteiger charge is -2.12. The lowest BCUT2D eigenvalue weighted by atomic mass is 10.1. The highest BCUT2D eigenvalue weighted by Gasteiger charge is 2.08. The maximum Gasteiger partial charge on any atom is 0.191 e. The predicted octanol–water partition coefficient (Wildman–Crippen LogP) is 3.85. The van der Waals surface area contributed by atoms with Crippen LogP contribution in [0.5, 0.6) is 5.75 Å². The average molecular weight is 482 g/mol. The van der Waals surface area contributed by atoms with E-state index >= 15 is 0 Å². The van der Waals surface area contributed by atoms with E-state index < -0.39 is 5.82 Å². The first-order chi connectivity index (χ1) is 12.6. The van der Waals surface area contributed by atoms with Gasteiger partial charge < -0.3 is 20.7 Å². The maximum atomic E-state index is 13.4. The van der Waals surface area contributed by atoms with Gasteiger partial charge in [0.2, 0.25) is 0 Å². The Hall–Kier alpha value is -2.29. The molecule has 0 radical (unpaired) electrons. The van der Waals surface area contributed by atoms with Crippen LogP contribution in [0.15, 0.2) is 47.5 Å². The number of phenolic OH excluding ortho intramolecular Hbond substituents is 1. The molecule has 0 bridgehead atoms. The van der Waals surface area contributed by atoms with E-state index in [1.54, 1.807) is 13.1 Å². The molecule has 0 fully saturated rings. The summed E-state index contributed by atoms with van der Waals surface area (Å²) in [7, 11) is 1.70. The van der Waals surface area contributed by atoms with Crippen molar-refractivity contribution in [3.05, 3.63) is 65.1 Å². The fourth-order valence-corrected chi connectivity index (χ4v) is 3.03. The molecular formula is C20H24FIN4O. The molecule has 3 rings (SSSR count). The molecule has 0 aliphatic heterocycles. The summed E-state index contributed by atoms with van der Waals surface area (Å²) in [6.07, 6.45) is 0.865. The number of guanidine groups is 1. The highest BCUT2D eigenvalue weighted by Crippen LogP contribution is 2.21. The van der Waals surface area contributed by atoms with Crippen molar-refractivity contribution in [1.82, 2.24) is 15.6 Å². The van der Waals surface area contributed by atoms with Crippen molar-refractivity contribution in [3.63, 3.8) is 0 Å². The number of phenols is 1. The molecule has 3 aromatic rings. The zero-order valence-corrected chi connectivity index (χ0v) is 17.7. The topological polar surface area (TPSA) is 72.4 Å². The smallest absolute Gasteiger partial charge is 0.191 e. The molecule has 0 amide bonds. The molecule has 2 aromatic carbocycles. The summed E-state index contributed by atoms with van der Waals surface area (Å²) in [5, 5.41) is 16.9. The van der Waals surface area contributed by atoms with Gasteiger partial charge in [-0.2, -0.15) is 0 Å². The number of nitrogens with zero attached hydrogens (tertiary/aromatic N) is 1. The number of aryl methyl sites for hydroxylation is 1. The lowest BCUT2D eigenvalue weighted by Crippen LogP contribution is -2.37. The minimum Gasteiger partial charge on any atom is -0.505 e. The van der Waals surface area contributed by atoms with Gasteiger partial charge in [-0.3, -0.25) is 4.99 Å². The maximum absolute atomic E-state index is 13.4. The Morgan fingerprint density at radius 3 is 2.70 bits per heavy atom. The third-order valence-corrected chi connectivity index (χ3v) is 4.39. The molecular weight excluding hydrogens is 458 g/mol. The molecule has 1 heterocycles. The van der Waals surface area contributed by atoms with Gasteiger partial charge in [0.1, 0.15) is 0 Å². The molecule has 5 nitrogen and oxygen atoms in total. The second-order valence-electron chi connectivity index (χ2n) is 6.16. The standard InChI is InChI=1S/C20H23FN4O.HI/c1-13-15(16-5-3-4-6-18(16)25-13)9-10-23-20(22-2)24-12-14-7-8-19(26)17(21)11-14;/h3-8,11,25-26H,9-10,12H2,1-2H3,(H2,22,23,24);1H. The van der Waals surface area contributed by atoms with E-state index in [0.29, 0.717) is 12.5 Å². The van der Waals surface area contributed by atoms with Crippen LogP contribution >= 0.6 is 24.0 Å². The number of aliphatic imine (C=N–C) groups is 1. The van der Waals surface area contributed by atoms with Gasteiger partial charge in [0.15, 0.2) is 17.5 Å². The highest BCUT2D eigenvalue weighted by molar-refractivity contribution is 14.0. The third kappa shape index (κ3) is 5.12. The number of halogens is 2. The number of hydrogen-bond donors (Lipinski definition) is 4. The summed E-state index contributed by atoms with van der Waals surface area (Å²) in [6.45, 7) is 3.23. The fourth-order valence-electron chi connectivity index (χ4n) is 3.03. The van der Waals surface area contributed by atoms with Crippen molar-refractivity contribution in [3.8, 4) is 5.75 Å². The number of H-pyrrole nitrogens is 1. The summed E-state index contributed by atoms with van der Waals surface area (Å²) in [6, 6.07) is 12.6. The van der Waals surface area contributed by atoms with E-state index in [0.717, 1.165) is 24.0 Å². The molecule has 0 spiro atoms. The number of aromatic hydroxyl groups is 1. The van der Waals surface area contributed by atoms with E-state index in [1.165, 1.54) is 28.8 Å². The number of aromatic amines is 1. The Balaban J connectivity index is 0.00000261. The monoisotopic (exact) mass is 482 g/mol. The van der Waals surface area contributed by atoms with Crippen LogP contribution < -0.4 is 10.6 Å². The highest BCUT2D eigenvalue weighted by atomic mass is 127. The summed E-state index contributed by atoms with van der Waals surface area (Å²) < 4.78 is 13.4. The quantitative estimate of drug-likeness (QED) is 0.254. The Morgan fingerprint density at radius 2 is 1.96 bits per heavy atom. The first kappa shape index (κ1) is 21.0. The Bertz CT molecular complexity index is 939. The van der Waals surface area contributed by atoms with Gasteiger partial charge in [0.25, 0.3) is 0 Å². The van der Waals surface area contributed by atoms with Gasteiger partial charge in [-0.15, -0.1) is 24.0 Å². The van der Waals surface area contributed by atoms with E-state index in [2.05, 4.69) is 39.7 Å². The molecule has 144 valence electrons. The summed E-state index contributed by atoms with van der Waals surface area (Å²) >= 11 is 0. The van der Waals surface area contributed by atoms with E-state index in [9.17, 15) is 9.50 Å². The molecule has 4 N–H and O–H groups in total. The molecule has 0 saturated heterocycles. The number of para-hydroxylation sites is 1. The second-order valence-corrected chi connectivity index (χ2v) is 6.16. The number of hydrogen-bond acceptors (Lipinski definition) is 2. The zero-order chi connectivity index (χ0) is 18.5. The molecule has 0 aliphatic carbocycles. The van der Waals surface area contributed by atoms with Crippen LogP contribution in [-0.2, 0) is 13.0 Å². The average Bonchev–Trinajstić information content (AvgIpc) is 2.96. The van der Waals surface area contributed by atoms with Gasteiger partial charge in [-0.05, 0) is 42.7 Å². The van der Waals surface area contributed by atoms with E-state index in [-0.39, 0.29) is 29.7 Å². The van der Waals surface area contributed by atoms with Crippen molar-refractivity contribution >= 4 is 40.8 Å². The van der Waals surface area contributed by atoms with Crippen molar-refractivity contribution in [2.45, 2.75) is 19.9 Å². The minimum absolute atomic E-state index is 0. The van der Waals surface area contributed by atoms with Crippen LogP contribution in [-0.4, -0.2) is 29.6 Å². The molecule has 1 aromatic heterocycles. The summed E-state index contributed by atoms with van der Waals surface area (Å²) in [4.78, 5) is 7.60. The molecule has 0 atom stereocenters. The number of rotatable bonds is 5. The molecule has 0 saturated carbocycles. The molecule has 0 aliphatic rings. The molecule has 7 heteroatoms. The van der Waals surface area contributed by atoms with Crippen LogP contribution in [0.4, 0.5) is 4.39 Å². The Morgan fingerprint density at radius 1 is 1.19 bits per heavy atom. The summed E-state index contributed by atoms with van der Waals surface area (Å²) in [5.41, 5.74) is 4.35. The van der Waals surface area contributed by atoms with Crippen molar-refractivity contribution in [2.24, 2.45) is 4.99 Å². The van der Waals surface area contributed by atoms with Gasteiger partial charge in [-0.25, -0.2) is 4.39 Å². The van der Waals surface area contributed by atoms with Gasteiger partial charge >= 0.3 is 0 Å². The van der Waals surface area contributed by atoms with Crippen LogP contribution in [0.25, 0.3) is 10.9 Å². The zero-order valence-electron chi connectivity index (χ0n) is 15.3. The van der Waals surface area contributed by atoms with Crippen molar-refractivity contribution in [1.29, 1.82) is 0 Å².